The van der Waals surface area contributed by atoms with E-state index in [1.165, 1.54) is 38.6 Å². The van der Waals surface area contributed by atoms with E-state index < -0.39 is 0 Å². The molecule has 1 rings (SSSR count). The van der Waals surface area contributed by atoms with Crippen LogP contribution in [0.4, 0.5) is 0 Å². The van der Waals surface area contributed by atoms with Gasteiger partial charge in [-0.2, -0.15) is 0 Å². The van der Waals surface area contributed by atoms with Gasteiger partial charge in [0.15, 0.2) is 0 Å². The summed E-state index contributed by atoms with van der Waals surface area (Å²) in [6, 6.07) is 0. The topological polar surface area (TPSA) is 12.0 Å². The lowest BCUT2D eigenvalue weighted by Crippen LogP contribution is -2.40. The summed E-state index contributed by atoms with van der Waals surface area (Å²) in [5.74, 6) is 2.70. The van der Waals surface area contributed by atoms with Crippen LogP contribution in [0.3, 0.4) is 0 Å². The van der Waals surface area contributed by atoms with Crippen LogP contribution in [-0.2, 0) is 0 Å². The van der Waals surface area contributed by atoms with Crippen molar-refractivity contribution in [2.45, 2.75) is 72.3 Å². The Kier molecular flexibility index (Phi) is 5.30. The fourth-order valence-electron chi connectivity index (χ4n) is 2.70. The molecule has 1 fully saturated rings. The lowest BCUT2D eigenvalue weighted by Gasteiger charge is -2.29. The van der Waals surface area contributed by atoms with Gasteiger partial charge >= 0.3 is 0 Å². The third kappa shape index (κ3) is 5.34. The molecule has 0 aromatic rings. The van der Waals surface area contributed by atoms with E-state index in [9.17, 15) is 0 Å². The number of nitrogens with one attached hydrogen (secondary N) is 1. The molecule has 1 aliphatic carbocycles. The Morgan fingerprint density at radius 2 is 1.69 bits per heavy atom. The molecule has 0 aromatic carbocycles. The van der Waals surface area contributed by atoms with Crippen molar-refractivity contribution in [2.24, 2.45) is 17.8 Å². The Balaban J connectivity index is 2.35. The van der Waals surface area contributed by atoms with Crippen LogP contribution in [0.15, 0.2) is 0 Å². The molecular weight excluding hydrogens is 194 g/mol. The van der Waals surface area contributed by atoms with Crippen LogP contribution < -0.4 is 5.32 Å². The highest BCUT2D eigenvalue weighted by molar-refractivity contribution is 4.78. The number of hydrogen-bond donors (Lipinski definition) is 1. The molecule has 0 heterocycles. The van der Waals surface area contributed by atoms with E-state index in [-0.39, 0.29) is 5.54 Å². The molecule has 0 aliphatic heterocycles. The minimum atomic E-state index is 0.267. The van der Waals surface area contributed by atoms with Gasteiger partial charge < -0.3 is 5.32 Å². The van der Waals surface area contributed by atoms with Crippen molar-refractivity contribution in [2.75, 3.05) is 6.54 Å². The van der Waals surface area contributed by atoms with E-state index in [4.69, 9.17) is 0 Å². The second-order valence-corrected chi connectivity index (χ2v) is 7.02. The maximum atomic E-state index is 3.68. The third-order valence-corrected chi connectivity index (χ3v) is 3.95. The lowest BCUT2D eigenvalue weighted by molar-refractivity contribution is 0.262. The molecule has 0 aromatic heterocycles. The Labute approximate surface area is 102 Å². The summed E-state index contributed by atoms with van der Waals surface area (Å²) in [4.78, 5) is 0. The fourth-order valence-corrected chi connectivity index (χ4v) is 2.70. The normalized spacial score (nSPS) is 20.6. The van der Waals surface area contributed by atoms with Gasteiger partial charge in [-0.1, -0.05) is 39.5 Å². The SMILES string of the molecule is CC(C)C(CNC(C)(C)C)CC1CCCC1. The van der Waals surface area contributed by atoms with Crippen LogP contribution in [0.5, 0.6) is 0 Å². The van der Waals surface area contributed by atoms with Crippen LogP contribution in [0.25, 0.3) is 0 Å². The van der Waals surface area contributed by atoms with Crippen molar-refractivity contribution < 1.29 is 0 Å². The van der Waals surface area contributed by atoms with Crippen molar-refractivity contribution in [3.63, 3.8) is 0 Å². The first kappa shape index (κ1) is 14.0. The zero-order valence-electron chi connectivity index (χ0n) is 12.0. The van der Waals surface area contributed by atoms with Gasteiger partial charge in [-0.05, 0) is 51.5 Å². The van der Waals surface area contributed by atoms with Crippen molar-refractivity contribution >= 4 is 0 Å². The highest BCUT2D eigenvalue weighted by Gasteiger charge is 2.23. The Morgan fingerprint density at radius 3 is 2.12 bits per heavy atom. The molecule has 1 nitrogen and oxygen atoms in total. The second kappa shape index (κ2) is 6.05. The Hall–Kier alpha value is -0.0400. The average Bonchev–Trinajstić information content (AvgIpc) is 2.62. The molecule has 96 valence electrons. The van der Waals surface area contributed by atoms with Gasteiger partial charge in [-0.25, -0.2) is 0 Å². The van der Waals surface area contributed by atoms with Gasteiger partial charge in [0.05, 0.1) is 0 Å². The third-order valence-electron chi connectivity index (χ3n) is 3.95. The molecule has 1 saturated carbocycles. The molecule has 0 bridgehead atoms. The van der Waals surface area contributed by atoms with Gasteiger partial charge in [-0.15, -0.1) is 0 Å². The van der Waals surface area contributed by atoms with E-state index in [1.807, 2.05) is 0 Å². The summed E-state index contributed by atoms with van der Waals surface area (Å²) in [6.45, 7) is 12.7. The largest absolute Gasteiger partial charge is 0.312 e. The first-order valence-corrected chi connectivity index (χ1v) is 7.13. The zero-order valence-corrected chi connectivity index (χ0v) is 12.0. The lowest BCUT2D eigenvalue weighted by atomic mass is 9.85. The smallest absolute Gasteiger partial charge is 0.00966 e. The summed E-state index contributed by atoms with van der Waals surface area (Å²) in [5, 5.41) is 3.68. The number of hydrogen-bond acceptors (Lipinski definition) is 1. The monoisotopic (exact) mass is 225 g/mol. The predicted molar refractivity (Wildman–Crippen MR) is 72.7 cm³/mol. The van der Waals surface area contributed by atoms with Crippen molar-refractivity contribution in [3.05, 3.63) is 0 Å². The quantitative estimate of drug-likeness (QED) is 0.738. The minimum Gasteiger partial charge on any atom is -0.312 e. The van der Waals surface area contributed by atoms with Gasteiger partial charge in [0.25, 0.3) is 0 Å². The summed E-state index contributed by atoms with van der Waals surface area (Å²) in [5.41, 5.74) is 0.267. The highest BCUT2D eigenvalue weighted by Crippen LogP contribution is 2.32. The molecule has 1 aliphatic rings. The molecule has 0 amide bonds. The van der Waals surface area contributed by atoms with E-state index >= 15 is 0 Å². The van der Waals surface area contributed by atoms with Gasteiger partial charge in [0.1, 0.15) is 0 Å². The van der Waals surface area contributed by atoms with Crippen LogP contribution in [0.1, 0.15) is 66.7 Å². The van der Waals surface area contributed by atoms with E-state index in [0.717, 1.165) is 17.8 Å². The Morgan fingerprint density at radius 1 is 1.12 bits per heavy atom. The maximum Gasteiger partial charge on any atom is 0.00966 e. The van der Waals surface area contributed by atoms with Gasteiger partial charge in [0, 0.05) is 5.54 Å². The van der Waals surface area contributed by atoms with Gasteiger partial charge in [-0.3, -0.25) is 0 Å². The maximum absolute atomic E-state index is 3.68. The summed E-state index contributed by atoms with van der Waals surface area (Å²) in [6.07, 6.45) is 7.36. The molecule has 1 atom stereocenters. The molecular formula is C15H31N. The molecule has 1 unspecified atom stereocenters. The van der Waals surface area contributed by atoms with Crippen molar-refractivity contribution in [1.29, 1.82) is 0 Å². The molecule has 0 radical (unpaired) electrons. The minimum absolute atomic E-state index is 0.267. The molecule has 1 N–H and O–H groups in total. The van der Waals surface area contributed by atoms with Crippen LogP contribution in [-0.4, -0.2) is 12.1 Å². The average molecular weight is 225 g/mol. The molecule has 0 spiro atoms. The van der Waals surface area contributed by atoms with E-state index in [0.29, 0.717) is 0 Å². The summed E-state index contributed by atoms with van der Waals surface area (Å²) < 4.78 is 0. The van der Waals surface area contributed by atoms with Gasteiger partial charge in [0.2, 0.25) is 0 Å². The predicted octanol–water partition coefficient (Wildman–Crippen LogP) is 4.23. The summed E-state index contributed by atoms with van der Waals surface area (Å²) in [7, 11) is 0. The zero-order chi connectivity index (χ0) is 12.2. The first-order valence-electron chi connectivity index (χ1n) is 7.13. The van der Waals surface area contributed by atoms with E-state index in [1.54, 1.807) is 0 Å². The van der Waals surface area contributed by atoms with Crippen LogP contribution >= 0.6 is 0 Å². The summed E-state index contributed by atoms with van der Waals surface area (Å²) >= 11 is 0. The van der Waals surface area contributed by atoms with E-state index in [2.05, 4.69) is 39.9 Å². The fraction of sp³-hybridized carbons (Fsp3) is 1.00. The first-order chi connectivity index (χ1) is 7.38. The molecule has 1 heteroatoms. The van der Waals surface area contributed by atoms with Crippen molar-refractivity contribution in [3.8, 4) is 0 Å². The second-order valence-electron chi connectivity index (χ2n) is 7.02. The highest BCUT2D eigenvalue weighted by atomic mass is 14.9. The Bertz CT molecular complexity index is 184. The standard InChI is InChI=1S/C15H31N/c1-12(2)14(11-16-15(3,4)5)10-13-8-6-7-9-13/h12-14,16H,6-11H2,1-5H3. The van der Waals surface area contributed by atoms with Crippen molar-refractivity contribution in [1.82, 2.24) is 5.32 Å². The van der Waals surface area contributed by atoms with Crippen LogP contribution in [0.2, 0.25) is 0 Å². The molecule has 16 heavy (non-hydrogen) atoms. The molecule has 0 saturated heterocycles. The van der Waals surface area contributed by atoms with Crippen LogP contribution in [0, 0.1) is 17.8 Å². The number of rotatable bonds is 5.